The molecule has 4 amide bonds. The summed E-state index contributed by atoms with van der Waals surface area (Å²) in [4.78, 5) is 69.3. The molecule has 1 heterocycles. The van der Waals surface area contributed by atoms with Gasteiger partial charge in [0.2, 0.25) is 17.6 Å². The number of alkyl carbamates (subject to hydrolysis) is 1. The average molecular weight is 610 g/mol. The molecule has 4 N–H and O–H groups in total. The van der Waals surface area contributed by atoms with Gasteiger partial charge < -0.3 is 26.0 Å². The number of nitrogens with zero attached hydrogens (tertiary/aromatic N) is 1. The second-order valence-electron chi connectivity index (χ2n) is 12.2. The number of ether oxygens (including phenoxy) is 1. The van der Waals surface area contributed by atoms with Crippen LogP contribution in [0.4, 0.5) is 4.79 Å². The number of aromatic nitrogens is 1. The zero-order valence-corrected chi connectivity index (χ0v) is 26.6. The molecule has 2 rings (SSSR count). The number of hydrogen-bond donors (Lipinski definition) is 4. The number of pyridine rings is 1. The van der Waals surface area contributed by atoms with Crippen LogP contribution in [0.2, 0.25) is 0 Å². The SMILES string of the molecule is CC(C)C[C@H](NC(=O)OCc1ccccc1)C(=O)N[C@@H](CC(C)C)C(=O)N[C@@H](CC(C)C)C(=O)C(=O)NCc1cccnc1. The van der Waals surface area contributed by atoms with Crippen molar-refractivity contribution in [1.29, 1.82) is 0 Å². The van der Waals surface area contributed by atoms with Crippen molar-refractivity contribution in [3.05, 3.63) is 66.0 Å². The predicted octanol–water partition coefficient (Wildman–Crippen LogP) is 3.67. The zero-order chi connectivity index (χ0) is 32.6. The van der Waals surface area contributed by atoms with Gasteiger partial charge in [0.25, 0.3) is 5.91 Å². The highest BCUT2D eigenvalue weighted by Gasteiger charge is 2.32. The number of rotatable bonds is 17. The second-order valence-corrected chi connectivity index (χ2v) is 12.2. The Hall–Kier alpha value is -4.28. The first-order chi connectivity index (χ1) is 20.8. The van der Waals surface area contributed by atoms with Crippen molar-refractivity contribution in [2.24, 2.45) is 17.8 Å². The highest BCUT2D eigenvalue weighted by molar-refractivity contribution is 6.38. The minimum atomic E-state index is -1.08. The van der Waals surface area contributed by atoms with E-state index < -0.39 is 47.7 Å². The molecule has 0 radical (unpaired) electrons. The van der Waals surface area contributed by atoms with Gasteiger partial charge in [-0.05, 0) is 54.2 Å². The normalized spacial score (nSPS) is 13.1. The lowest BCUT2D eigenvalue weighted by molar-refractivity contribution is -0.141. The first kappa shape index (κ1) is 35.9. The van der Waals surface area contributed by atoms with Gasteiger partial charge in [-0.2, -0.15) is 0 Å². The molecule has 44 heavy (non-hydrogen) atoms. The number of carbonyl (C=O) groups is 5. The Morgan fingerprint density at radius 2 is 1.20 bits per heavy atom. The van der Waals surface area contributed by atoms with Gasteiger partial charge in [0.05, 0.1) is 6.04 Å². The maximum absolute atomic E-state index is 13.5. The van der Waals surface area contributed by atoms with Crippen LogP contribution >= 0.6 is 0 Å². The second kappa shape index (κ2) is 18.4. The molecule has 0 saturated heterocycles. The fourth-order valence-corrected chi connectivity index (χ4v) is 4.49. The van der Waals surface area contributed by atoms with Crippen molar-refractivity contribution in [2.45, 2.75) is 92.1 Å². The van der Waals surface area contributed by atoms with Crippen LogP contribution in [0.25, 0.3) is 0 Å². The van der Waals surface area contributed by atoms with Crippen LogP contribution in [-0.4, -0.2) is 52.7 Å². The number of benzene rings is 1. The quantitative estimate of drug-likeness (QED) is 0.200. The number of ketones is 1. The number of hydrogen-bond acceptors (Lipinski definition) is 7. The molecule has 11 nitrogen and oxygen atoms in total. The first-order valence-electron chi connectivity index (χ1n) is 15.1. The third-order valence-electron chi connectivity index (χ3n) is 6.61. The van der Waals surface area contributed by atoms with E-state index in [-0.39, 0.29) is 43.7 Å². The summed E-state index contributed by atoms with van der Waals surface area (Å²) in [5.74, 6) is -2.66. The van der Waals surface area contributed by atoms with Crippen molar-refractivity contribution < 1.29 is 28.7 Å². The first-order valence-corrected chi connectivity index (χ1v) is 15.1. The Bertz CT molecular complexity index is 1220. The molecular formula is C33H47N5O6. The number of amides is 4. The molecule has 0 bridgehead atoms. The Morgan fingerprint density at radius 1 is 0.682 bits per heavy atom. The molecule has 0 saturated carbocycles. The smallest absolute Gasteiger partial charge is 0.408 e. The van der Waals surface area contributed by atoms with Gasteiger partial charge in [0.1, 0.15) is 18.7 Å². The van der Waals surface area contributed by atoms with Crippen molar-refractivity contribution in [2.75, 3.05) is 0 Å². The average Bonchev–Trinajstić information content (AvgIpc) is 2.97. The molecule has 3 atom stereocenters. The molecule has 0 aliphatic carbocycles. The molecule has 240 valence electrons. The van der Waals surface area contributed by atoms with E-state index in [2.05, 4.69) is 26.3 Å². The largest absolute Gasteiger partial charge is 0.445 e. The molecule has 0 aliphatic rings. The van der Waals surface area contributed by atoms with Crippen LogP contribution in [0.3, 0.4) is 0 Å². The molecule has 1 aromatic heterocycles. The van der Waals surface area contributed by atoms with Crippen LogP contribution < -0.4 is 21.3 Å². The summed E-state index contributed by atoms with van der Waals surface area (Å²) in [6, 6.07) is 9.63. The Balaban J connectivity index is 2.11. The summed E-state index contributed by atoms with van der Waals surface area (Å²) in [6.45, 7) is 11.6. The molecule has 0 aliphatic heterocycles. The molecule has 2 aromatic rings. The minimum absolute atomic E-state index is 0.00460. The molecule has 0 fully saturated rings. The van der Waals surface area contributed by atoms with Gasteiger partial charge in [-0.15, -0.1) is 0 Å². The summed E-state index contributed by atoms with van der Waals surface area (Å²) >= 11 is 0. The maximum Gasteiger partial charge on any atom is 0.408 e. The van der Waals surface area contributed by atoms with Gasteiger partial charge in [0.15, 0.2) is 0 Å². The van der Waals surface area contributed by atoms with E-state index in [9.17, 15) is 24.0 Å². The lowest BCUT2D eigenvalue weighted by atomic mass is 9.97. The molecule has 0 unspecified atom stereocenters. The zero-order valence-electron chi connectivity index (χ0n) is 26.6. The Labute approximate surface area is 260 Å². The van der Waals surface area contributed by atoms with E-state index in [0.717, 1.165) is 11.1 Å². The van der Waals surface area contributed by atoms with E-state index in [1.54, 1.807) is 24.5 Å². The molecule has 1 aromatic carbocycles. The lowest BCUT2D eigenvalue weighted by Gasteiger charge is -2.27. The van der Waals surface area contributed by atoms with Gasteiger partial charge in [-0.3, -0.25) is 24.2 Å². The van der Waals surface area contributed by atoms with E-state index >= 15 is 0 Å². The van der Waals surface area contributed by atoms with Crippen molar-refractivity contribution in [3.8, 4) is 0 Å². The number of nitrogens with one attached hydrogen (secondary N) is 4. The van der Waals surface area contributed by atoms with E-state index in [0.29, 0.717) is 6.42 Å². The highest BCUT2D eigenvalue weighted by Crippen LogP contribution is 2.12. The topological polar surface area (TPSA) is 156 Å². The van der Waals surface area contributed by atoms with E-state index in [4.69, 9.17) is 4.74 Å². The fraction of sp³-hybridized carbons (Fsp3) is 0.515. The van der Waals surface area contributed by atoms with Gasteiger partial charge in [-0.25, -0.2) is 4.79 Å². The minimum Gasteiger partial charge on any atom is -0.445 e. The summed E-state index contributed by atoms with van der Waals surface area (Å²) in [5, 5.41) is 10.7. The highest BCUT2D eigenvalue weighted by atomic mass is 16.5. The maximum atomic E-state index is 13.5. The van der Waals surface area contributed by atoms with Crippen LogP contribution in [-0.2, 0) is 37.1 Å². The fourth-order valence-electron chi connectivity index (χ4n) is 4.49. The van der Waals surface area contributed by atoms with Crippen LogP contribution in [0.15, 0.2) is 54.9 Å². The standard InChI is InChI=1S/C33H47N5O6/c1-21(2)15-26(29(39)32(42)35-19-25-13-10-14-34-18-25)36-30(40)27(16-22(3)4)37-31(41)28(17-23(5)6)38-33(43)44-20-24-11-8-7-9-12-24/h7-14,18,21-23,26-28H,15-17,19-20H2,1-6H3,(H,35,42)(H,36,40)(H,37,41)(H,38,43)/t26-,27-,28-/m0/s1. The summed E-state index contributed by atoms with van der Waals surface area (Å²) < 4.78 is 5.31. The Kier molecular flexibility index (Phi) is 15.0. The summed E-state index contributed by atoms with van der Waals surface area (Å²) in [7, 11) is 0. The number of carbonyl (C=O) groups excluding carboxylic acids is 5. The molecule has 0 spiro atoms. The Morgan fingerprint density at radius 3 is 1.75 bits per heavy atom. The van der Waals surface area contributed by atoms with Crippen molar-refractivity contribution >= 4 is 29.6 Å². The van der Waals surface area contributed by atoms with Gasteiger partial charge in [-0.1, -0.05) is 77.9 Å². The van der Waals surface area contributed by atoms with Crippen LogP contribution in [0.5, 0.6) is 0 Å². The third-order valence-corrected chi connectivity index (χ3v) is 6.61. The van der Waals surface area contributed by atoms with Crippen LogP contribution in [0, 0.1) is 17.8 Å². The van der Waals surface area contributed by atoms with Gasteiger partial charge >= 0.3 is 6.09 Å². The van der Waals surface area contributed by atoms with Crippen LogP contribution in [0.1, 0.15) is 71.9 Å². The van der Waals surface area contributed by atoms with Crippen molar-refractivity contribution in [1.82, 2.24) is 26.3 Å². The summed E-state index contributed by atoms with van der Waals surface area (Å²) in [5.41, 5.74) is 1.53. The van der Waals surface area contributed by atoms with E-state index in [1.807, 2.05) is 71.9 Å². The predicted molar refractivity (Wildman–Crippen MR) is 167 cm³/mol. The number of Topliss-reactive ketones (excluding diaryl/α,β-unsaturated/α-hetero) is 1. The van der Waals surface area contributed by atoms with Crippen molar-refractivity contribution in [3.63, 3.8) is 0 Å². The summed E-state index contributed by atoms with van der Waals surface area (Å²) in [6.07, 6.45) is 3.27. The monoisotopic (exact) mass is 609 g/mol. The lowest BCUT2D eigenvalue weighted by Crippen LogP contribution is -2.57. The van der Waals surface area contributed by atoms with E-state index in [1.165, 1.54) is 0 Å². The third kappa shape index (κ3) is 13.4. The molecular weight excluding hydrogens is 562 g/mol. The van der Waals surface area contributed by atoms with Gasteiger partial charge in [0, 0.05) is 18.9 Å². The molecule has 11 heteroatoms.